The van der Waals surface area contributed by atoms with Crippen LogP contribution in [0.2, 0.25) is 0 Å². The fraction of sp³-hybridized carbons (Fsp3) is 0.714. The van der Waals surface area contributed by atoms with E-state index in [-0.39, 0.29) is 12.2 Å². The van der Waals surface area contributed by atoms with Gasteiger partial charge in [-0.15, -0.1) is 0 Å². The first kappa shape index (κ1) is 12.3. The molecule has 8 heteroatoms. The number of hydrogen-bond acceptors (Lipinski definition) is 4. The van der Waals surface area contributed by atoms with Crippen molar-refractivity contribution in [3.05, 3.63) is 0 Å². The van der Waals surface area contributed by atoms with E-state index in [0.717, 1.165) is 0 Å². The minimum atomic E-state index is -3.66. The first-order valence-electron chi connectivity index (χ1n) is 4.35. The van der Waals surface area contributed by atoms with E-state index in [1.54, 1.807) is 6.92 Å². The quantitative estimate of drug-likeness (QED) is 0.543. The van der Waals surface area contributed by atoms with Gasteiger partial charge in [0.1, 0.15) is 5.54 Å². The maximum atomic E-state index is 11.4. The maximum absolute atomic E-state index is 11.4. The summed E-state index contributed by atoms with van der Waals surface area (Å²) < 4.78 is 21.5. The van der Waals surface area contributed by atoms with Gasteiger partial charge in [-0.3, -0.25) is 10.1 Å². The third-order valence-electron chi connectivity index (χ3n) is 2.39. The molecule has 2 N–H and O–H groups in total. The van der Waals surface area contributed by atoms with E-state index >= 15 is 0 Å². The van der Waals surface area contributed by atoms with E-state index < -0.39 is 26.5 Å². The summed E-state index contributed by atoms with van der Waals surface area (Å²) in [6, 6.07) is -0.603. The Balaban J connectivity index is 2.78. The second-order valence-corrected chi connectivity index (χ2v) is 6.23. The number of halogens is 1. The minimum Gasteiger partial charge on any atom is -0.323 e. The Hall–Kier alpha value is -0.820. The summed E-state index contributed by atoms with van der Waals surface area (Å²) in [6.07, 6.45) is 0.296. The Kier molecular flexibility index (Phi) is 3.25. The summed E-state index contributed by atoms with van der Waals surface area (Å²) in [5.74, 6) is -0.855. The van der Waals surface area contributed by atoms with Crippen molar-refractivity contribution in [2.24, 2.45) is 0 Å². The molecular weight excluding hydrogens is 244 g/mol. The van der Waals surface area contributed by atoms with Crippen molar-refractivity contribution in [1.29, 1.82) is 0 Å². The summed E-state index contributed by atoms with van der Waals surface area (Å²) in [6.45, 7) is 1.69. The molecule has 6 nitrogen and oxygen atoms in total. The van der Waals surface area contributed by atoms with Gasteiger partial charge in [0.2, 0.25) is 9.05 Å². The molecule has 0 aromatic heterocycles. The zero-order valence-corrected chi connectivity index (χ0v) is 9.61. The molecule has 15 heavy (non-hydrogen) atoms. The molecule has 3 amide bonds. The lowest BCUT2D eigenvalue weighted by Gasteiger charge is -2.23. The summed E-state index contributed by atoms with van der Waals surface area (Å²) >= 11 is 0. The lowest BCUT2D eigenvalue weighted by molar-refractivity contribution is -0.124. The number of imide groups is 1. The largest absolute Gasteiger partial charge is 0.323 e. The number of hydrogen-bond donors (Lipinski definition) is 2. The topological polar surface area (TPSA) is 92.3 Å². The molecule has 1 unspecified atom stereocenters. The van der Waals surface area contributed by atoms with Crippen LogP contribution >= 0.6 is 10.7 Å². The average Bonchev–Trinajstić information content (AvgIpc) is 2.37. The highest BCUT2D eigenvalue weighted by molar-refractivity contribution is 8.13. The Labute approximate surface area is 91.8 Å². The van der Waals surface area contributed by atoms with E-state index in [1.807, 2.05) is 0 Å². The van der Waals surface area contributed by atoms with Crippen molar-refractivity contribution < 1.29 is 18.0 Å². The van der Waals surface area contributed by atoms with Gasteiger partial charge >= 0.3 is 6.03 Å². The van der Waals surface area contributed by atoms with Crippen molar-refractivity contribution in [1.82, 2.24) is 10.6 Å². The number of amides is 3. The van der Waals surface area contributed by atoms with Crippen molar-refractivity contribution in [3.8, 4) is 0 Å². The van der Waals surface area contributed by atoms with E-state index in [0.29, 0.717) is 6.42 Å². The molecule has 0 radical (unpaired) electrons. The maximum Gasteiger partial charge on any atom is 0.322 e. The number of carbonyl (C=O) groups is 2. The Morgan fingerprint density at radius 1 is 1.40 bits per heavy atom. The van der Waals surface area contributed by atoms with Crippen LogP contribution in [0, 0.1) is 0 Å². The fourth-order valence-electron chi connectivity index (χ4n) is 1.43. The predicted octanol–water partition coefficient (Wildman–Crippen LogP) is -0.0667. The SMILES string of the molecule is CCC1(CCS(=O)(=O)Cl)NC(=O)NC1=O. The summed E-state index contributed by atoms with van der Waals surface area (Å²) in [5.41, 5.74) is -1.14. The molecule has 1 atom stereocenters. The fourth-order valence-corrected chi connectivity index (χ4v) is 2.25. The lowest BCUT2D eigenvalue weighted by atomic mass is 9.93. The van der Waals surface area contributed by atoms with Gasteiger partial charge in [-0.05, 0) is 12.8 Å². The van der Waals surface area contributed by atoms with E-state index in [1.165, 1.54) is 0 Å². The van der Waals surface area contributed by atoms with Gasteiger partial charge < -0.3 is 5.32 Å². The van der Waals surface area contributed by atoms with Crippen molar-refractivity contribution in [3.63, 3.8) is 0 Å². The van der Waals surface area contributed by atoms with Crippen molar-refractivity contribution in [2.45, 2.75) is 25.3 Å². The smallest absolute Gasteiger partial charge is 0.322 e. The number of carbonyl (C=O) groups excluding carboxylic acids is 2. The number of rotatable bonds is 4. The number of nitrogens with one attached hydrogen (secondary N) is 2. The van der Waals surface area contributed by atoms with Crippen molar-refractivity contribution >= 4 is 31.7 Å². The zero-order chi connectivity index (χ0) is 11.7. The second kappa shape index (κ2) is 3.97. The summed E-state index contributed by atoms with van der Waals surface area (Å²) in [5, 5.41) is 4.48. The molecule has 0 saturated carbocycles. The molecule has 1 heterocycles. The van der Waals surface area contributed by atoms with Gasteiger partial charge in [-0.1, -0.05) is 6.92 Å². The molecule has 1 aliphatic rings. The van der Waals surface area contributed by atoms with Crippen LogP contribution in [-0.2, 0) is 13.8 Å². The molecule has 0 aliphatic carbocycles. The highest BCUT2D eigenvalue weighted by Crippen LogP contribution is 2.21. The molecule has 0 aromatic carbocycles. The van der Waals surface area contributed by atoms with Gasteiger partial charge in [0.15, 0.2) is 0 Å². The summed E-state index contributed by atoms with van der Waals surface area (Å²) in [7, 11) is 1.38. The normalized spacial score (nSPS) is 26.3. The first-order chi connectivity index (χ1) is 6.79. The highest BCUT2D eigenvalue weighted by Gasteiger charge is 2.44. The van der Waals surface area contributed by atoms with E-state index in [4.69, 9.17) is 10.7 Å². The van der Waals surface area contributed by atoms with Crippen LogP contribution in [0.4, 0.5) is 4.79 Å². The van der Waals surface area contributed by atoms with E-state index in [2.05, 4.69) is 10.6 Å². The van der Waals surface area contributed by atoms with Gasteiger partial charge in [-0.25, -0.2) is 13.2 Å². The van der Waals surface area contributed by atoms with Crippen LogP contribution in [0.15, 0.2) is 0 Å². The van der Waals surface area contributed by atoms with Crippen LogP contribution in [0.25, 0.3) is 0 Å². The van der Waals surface area contributed by atoms with Crippen LogP contribution in [0.1, 0.15) is 19.8 Å². The Morgan fingerprint density at radius 3 is 2.33 bits per heavy atom. The molecule has 1 rings (SSSR count). The molecule has 1 aliphatic heterocycles. The van der Waals surface area contributed by atoms with Gasteiger partial charge in [-0.2, -0.15) is 0 Å². The first-order valence-corrected chi connectivity index (χ1v) is 6.83. The standard InChI is InChI=1S/C7H11ClN2O4S/c1-2-7(3-4-15(8,13)14)5(11)9-6(12)10-7/h2-4H2,1H3,(H2,9,10,11,12). The number of urea groups is 1. The zero-order valence-electron chi connectivity index (χ0n) is 8.04. The van der Waals surface area contributed by atoms with Crippen LogP contribution < -0.4 is 10.6 Å². The Bertz CT molecular complexity index is 394. The van der Waals surface area contributed by atoms with Gasteiger partial charge in [0.05, 0.1) is 5.75 Å². The van der Waals surface area contributed by atoms with Crippen molar-refractivity contribution in [2.75, 3.05) is 5.75 Å². The molecule has 1 fully saturated rings. The van der Waals surface area contributed by atoms with Crippen LogP contribution in [0.3, 0.4) is 0 Å². The molecule has 1 saturated heterocycles. The monoisotopic (exact) mass is 254 g/mol. The van der Waals surface area contributed by atoms with Crippen LogP contribution in [-0.4, -0.2) is 31.6 Å². The molecule has 0 spiro atoms. The lowest BCUT2D eigenvalue weighted by Crippen LogP contribution is -2.47. The average molecular weight is 255 g/mol. The predicted molar refractivity (Wildman–Crippen MR) is 54.0 cm³/mol. The molecule has 86 valence electrons. The van der Waals surface area contributed by atoms with Gasteiger partial charge in [0.25, 0.3) is 5.91 Å². The molecule has 0 aromatic rings. The second-order valence-electron chi connectivity index (χ2n) is 3.34. The minimum absolute atomic E-state index is 0.0209. The van der Waals surface area contributed by atoms with E-state index in [9.17, 15) is 18.0 Å². The Morgan fingerprint density at radius 2 is 2.00 bits per heavy atom. The third kappa shape index (κ3) is 2.82. The van der Waals surface area contributed by atoms with Gasteiger partial charge in [0, 0.05) is 10.7 Å². The molecule has 0 bridgehead atoms. The molecular formula is C7H11ClN2O4S. The highest BCUT2D eigenvalue weighted by atomic mass is 35.7. The van der Waals surface area contributed by atoms with Crippen LogP contribution in [0.5, 0.6) is 0 Å². The summed E-state index contributed by atoms with van der Waals surface area (Å²) in [4.78, 5) is 22.3. The third-order valence-corrected chi connectivity index (χ3v) is 3.55.